The van der Waals surface area contributed by atoms with Crippen LogP contribution in [0.25, 0.3) is 88.4 Å². The Kier molecular flexibility index (Phi) is 6.50. The number of rotatable bonds is 2. The van der Waals surface area contributed by atoms with Crippen LogP contribution in [0.4, 0.5) is 17.1 Å². The second kappa shape index (κ2) is 11.8. The van der Waals surface area contributed by atoms with Gasteiger partial charge in [0.05, 0.1) is 5.69 Å². The highest BCUT2D eigenvalue weighted by atomic mass is 16.3. The molecule has 0 radical (unpaired) electrons. The van der Waals surface area contributed by atoms with E-state index < -0.39 is 5.41 Å². The monoisotopic (exact) mass is 793 g/mol. The molecule has 2 aliphatic carbocycles. The lowest BCUT2D eigenvalue weighted by molar-refractivity contribution is 0.658. The second-order valence-electron chi connectivity index (χ2n) is 18.1. The van der Waals surface area contributed by atoms with Crippen LogP contribution in [0.3, 0.4) is 0 Å². The quantitative estimate of drug-likeness (QED) is 0.175. The zero-order valence-electron chi connectivity index (χ0n) is 34.6. The fourth-order valence-electron chi connectivity index (χ4n) is 11.7. The molecule has 0 fully saturated rings. The van der Waals surface area contributed by atoms with Gasteiger partial charge in [-0.05, 0) is 117 Å². The summed E-state index contributed by atoms with van der Waals surface area (Å²) in [5, 5.41) is 4.54. The van der Waals surface area contributed by atoms with E-state index in [4.69, 9.17) is 8.83 Å². The van der Waals surface area contributed by atoms with Gasteiger partial charge in [0.2, 0.25) is 0 Å². The third-order valence-corrected chi connectivity index (χ3v) is 14.7. The number of anilines is 3. The number of hydrogen-bond acceptors (Lipinski definition) is 3. The van der Waals surface area contributed by atoms with Crippen LogP contribution < -0.4 is 4.90 Å². The van der Waals surface area contributed by atoms with Crippen molar-refractivity contribution < 1.29 is 8.83 Å². The number of fused-ring (bicyclic) bond motifs is 10. The van der Waals surface area contributed by atoms with Crippen LogP contribution >= 0.6 is 0 Å². The van der Waals surface area contributed by atoms with Crippen LogP contribution in [-0.4, -0.2) is 0 Å². The largest absolute Gasteiger partial charge is 0.455 e. The van der Waals surface area contributed by atoms with Gasteiger partial charge in [0.15, 0.2) is 0 Å². The van der Waals surface area contributed by atoms with E-state index in [1.165, 1.54) is 55.8 Å². The molecule has 15 rings (SSSR count). The van der Waals surface area contributed by atoms with Crippen molar-refractivity contribution in [1.29, 1.82) is 0 Å². The molecule has 2 aliphatic heterocycles. The van der Waals surface area contributed by atoms with E-state index in [0.717, 1.165) is 77.5 Å². The van der Waals surface area contributed by atoms with Crippen molar-refractivity contribution in [2.24, 2.45) is 0 Å². The minimum atomic E-state index is -0.462. The van der Waals surface area contributed by atoms with Gasteiger partial charge in [-0.25, -0.2) is 0 Å². The minimum Gasteiger partial charge on any atom is -0.455 e. The van der Waals surface area contributed by atoms with Gasteiger partial charge in [-0.1, -0.05) is 141 Å². The third-order valence-electron chi connectivity index (χ3n) is 14.7. The predicted octanol–water partition coefficient (Wildman–Crippen LogP) is 16.2. The highest BCUT2D eigenvalue weighted by Gasteiger charge is 2.47. The molecule has 0 saturated heterocycles. The Hall–Kier alpha value is -7.62. The van der Waals surface area contributed by atoms with Crippen molar-refractivity contribution in [3.05, 3.63) is 210 Å². The van der Waals surface area contributed by atoms with Crippen LogP contribution in [0, 0.1) is 0 Å². The van der Waals surface area contributed by atoms with Gasteiger partial charge in [-0.2, -0.15) is 0 Å². The maximum Gasteiger partial charge on any atom is 0.143 e. The molecule has 9 aromatic carbocycles. The fourth-order valence-corrected chi connectivity index (χ4v) is 11.7. The fraction of sp³-hybridized carbons (Fsp3) is 0.0847. The van der Waals surface area contributed by atoms with Gasteiger partial charge in [0.1, 0.15) is 22.3 Å². The molecule has 4 bridgehead atoms. The molecule has 0 saturated carbocycles. The Morgan fingerprint density at radius 1 is 0.371 bits per heavy atom. The molecule has 11 aromatic rings. The van der Waals surface area contributed by atoms with Crippen molar-refractivity contribution in [3.63, 3.8) is 0 Å². The Bertz CT molecular complexity index is 3730. The van der Waals surface area contributed by atoms with Crippen molar-refractivity contribution in [2.75, 3.05) is 4.90 Å². The normalized spacial score (nSPS) is 16.5. The van der Waals surface area contributed by atoms with Gasteiger partial charge in [-0.15, -0.1) is 0 Å². The van der Waals surface area contributed by atoms with Gasteiger partial charge in [0, 0.05) is 60.4 Å². The third kappa shape index (κ3) is 4.25. The van der Waals surface area contributed by atoms with E-state index in [-0.39, 0.29) is 5.41 Å². The molecule has 1 atom stereocenters. The summed E-state index contributed by atoms with van der Waals surface area (Å²) >= 11 is 0. The lowest BCUT2D eigenvalue weighted by atomic mass is 9.70. The molecule has 2 aromatic heterocycles. The minimum absolute atomic E-state index is 0.219. The number of furan rings is 2. The first kappa shape index (κ1) is 34.1. The Morgan fingerprint density at radius 2 is 0.952 bits per heavy atom. The lowest BCUT2D eigenvalue weighted by Crippen LogP contribution is -2.24. The van der Waals surface area contributed by atoms with Gasteiger partial charge in [-0.3, -0.25) is 0 Å². The smallest absolute Gasteiger partial charge is 0.143 e. The molecule has 3 nitrogen and oxygen atoms in total. The van der Waals surface area contributed by atoms with E-state index in [1.807, 2.05) is 6.07 Å². The summed E-state index contributed by atoms with van der Waals surface area (Å²) in [5.41, 5.74) is 22.6. The van der Waals surface area contributed by atoms with Crippen LogP contribution in [0.15, 0.2) is 191 Å². The zero-order valence-corrected chi connectivity index (χ0v) is 34.6. The summed E-state index contributed by atoms with van der Waals surface area (Å²) in [6, 6.07) is 67.2. The van der Waals surface area contributed by atoms with E-state index in [9.17, 15) is 0 Å². The maximum absolute atomic E-state index is 6.92. The van der Waals surface area contributed by atoms with Gasteiger partial charge >= 0.3 is 0 Å². The Morgan fingerprint density at radius 3 is 1.71 bits per heavy atom. The molecular weight excluding hydrogens is 755 g/mol. The molecule has 62 heavy (non-hydrogen) atoms. The first-order chi connectivity index (χ1) is 30.4. The summed E-state index contributed by atoms with van der Waals surface area (Å²) in [6.45, 7) is 7.24. The van der Waals surface area contributed by atoms with Crippen molar-refractivity contribution >= 4 is 60.9 Å². The van der Waals surface area contributed by atoms with Crippen molar-refractivity contribution in [2.45, 2.75) is 31.6 Å². The predicted molar refractivity (Wildman–Crippen MR) is 255 cm³/mol. The molecule has 0 N–H and O–H groups in total. The highest BCUT2D eigenvalue weighted by molar-refractivity contribution is 6.12. The van der Waals surface area contributed by atoms with E-state index in [2.05, 4.69) is 202 Å². The van der Waals surface area contributed by atoms with Crippen molar-refractivity contribution in [1.82, 2.24) is 0 Å². The molecule has 0 amide bonds. The zero-order chi connectivity index (χ0) is 41.1. The molecule has 292 valence electrons. The summed E-state index contributed by atoms with van der Waals surface area (Å²) in [6.07, 6.45) is 0. The molecule has 1 unspecified atom stereocenters. The van der Waals surface area contributed by atoms with E-state index in [0.29, 0.717) is 0 Å². The second-order valence-corrected chi connectivity index (χ2v) is 18.1. The summed E-state index contributed by atoms with van der Waals surface area (Å²) in [7, 11) is 0. The molecule has 4 heterocycles. The summed E-state index contributed by atoms with van der Waals surface area (Å²) in [5.74, 6) is 0. The van der Waals surface area contributed by atoms with Crippen LogP contribution in [0.1, 0.15) is 48.6 Å². The first-order valence-corrected chi connectivity index (χ1v) is 21.7. The number of nitrogens with zero attached hydrogens (tertiary/aromatic N) is 1. The topological polar surface area (TPSA) is 29.5 Å². The molecule has 3 heteroatoms. The van der Waals surface area contributed by atoms with Crippen molar-refractivity contribution in [3.8, 4) is 44.5 Å². The number of para-hydroxylation sites is 3. The molecule has 0 spiro atoms. The molecule has 4 aliphatic rings. The SMILES string of the molecule is CC1(C)c2cc3c4cc2-c2c(cccc21)N(c1ccc(-c2cccc5c2oc2ccccc25)cc1)c1ccc(cc1)-c1c(ccc2c1oc1ccccc12)C4(C)c1ccccc1-3. The summed E-state index contributed by atoms with van der Waals surface area (Å²) in [4.78, 5) is 2.46. The first-order valence-electron chi connectivity index (χ1n) is 21.7. The average molecular weight is 794 g/mol. The Labute approximate surface area is 359 Å². The summed E-state index contributed by atoms with van der Waals surface area (Å²) < 4.78 is 13.4. The van der Waals surface area contributed by atoms with E-state index >= 15 is 0 Å². The standard InChI is InChI=1S/C59H39NO2/c1-58(2)47-18-11-19-51-55(47)45-33-50-44(32-49(45)58)39-12-4-7-17-46(39)59(50,3)48-31-30-43-41-14-6-9-21-53(41)62-57(43)54(48)35-24-28-37(29-25-35)60(51)36-26-22-34(23-27-36)38-15-10-16-42-40-13-5-8-20-52(40)61-56(38)42/h4-33H,1-3H3. The lowest BCUT2D eigenvalue weighted by Gasteiger charge is -2.31. The van der Waals surface area contributed by atoms with Gasteiger partial charge in [0.25, 0.3) is 0 Å². The number of hydrogen-bond donors (Lipinski definition) is 0. The molecular formula is C59H39NO2. The van der Waals surface area contributed by atoms with Crippen LogP contribution in [-0.2, 0) is 10.8 Å². The Balaban J connectivity index is 1.05. The number of benzene rings is 9. The average Bonchev–Trinajstić information content (AvgIpc) is 4.02. The van der Waals surface area contributed by atoms with Gasteiger partial charge < -0.3 is 13.7 Å². The van der Waals surface area contributed by atoms with E-state index in [1.54, 1.807) is 0 Å². The highest BCUT2D eigenvalue weighted by Crippen LogP contribution is 2.61. The van der Waals surface area contributed by atoms with Crippen LogP contribution in [0.5, 0.6) is 0 Å². The van der Waals surface area contributed by atoms with Crippen LogP contribution in [0.2, 0.25) is 0 Å². The maximum atomic E-state index is 6.92.